The third kappa shape index (κ3) is 4.36. The number of rotatable bonds is 5. The van der Waals surface area contributed by atoms with Gasteiger partial charge in [-0.2, -0.15) is 0 Å². The maximum Gasteiger partial charge on any atom is 0.276 e. The minimum absolute atomic E-state index is 0.0656. The summed E-state index contributed by atoms with van der Waals surface area (Å²) in [6.07, 6.45) is 3.02. The smallest absolute Gasteiger partial charge is 0.276 e. The Kier molecular flexibility index (Phi) is 5.71. The van der Waals surface area contributed by atoms with Crippen LogP contribution in [0.25, 0.3) is 11.0 Å². The number of halogens is 1. The highest BCUT2D eigenvalue weighted by Gasteiger charge is 2.25. The van der Waals surface area contributed by atoms with Crippen LogP contribution in [-0.4, -0.2) is 37.5 Å². The van der Waals surface area contributed by atoms with Crippen LogP contribution >= 0.6 is 15.9 Å². The van der Waals surface area contributed by atoms with Gasteiger partial charge in [-0.1, -0.05) is 33.2 Å². The van der Waals surface area contributed by atoms with E-state index in [1.165, 1.54) is 18.2 Å². The Bertz CT molecular complexity index is 1150. The predicted molar refractivity (Wildman–Crippen MR) is 112 cm³/mol. The average Bonchev–Trinajstić information content (AvgIpc) is 3.16. The highest BCUT2D eigenvalue weighted by atomic mass is 79.9. The zero-order chi connectivity index (χ0) is 20.4. The second kappa shape index (κ2) is 8.25. The van der Waals surface area contributed by atoms with Crippen LogP contribution in [-0.2, 0) is 16.6 Å². The Balaban J connectivity index is 1.59. The van der Waals surface area contributed by atoms with Crippen molar-refractivity contribution >= 4 is 42.8 Å². The highest BCUT2D eigenvalue weighted by molar-refractivity contribution is 9.10. The third-order valence-electron chi connectivity index (χ3n) is 4.95. The molecule has 0 saturated carbocycles. The monoisotopic (exact) mass is 477 g/mol. The average molecular weight is 478 g/mol. The molecule has 0 bridgehead atoms. The van der Waals surface area contributed by atoms with Crippen molar-refractivity contribution in [1.82, 2.24) is 14.8 Å². The number of fused-ring (bicyclic) bond motifs is 1. The minimum atomic E-state index is -3.77. The minimum Gasteiger partial charge on any atom is -0.355 e. The number of carbonyl (C=O) groups is 1. The van der Waals surface area contributed by atoms with Crippen molar-refractivity contribution in [3.05, 3.63) is 58.2 Å². The summed E-state index contributed by atoms with van der Waals surface area (Å²) < 4.78 is 34.3. The van der Waals surface area contributed by atoms with Gasteiger partial charge in [-0.05, 0) is 55.2 Å². The number of nitrogens with one attached hydrogen (secondary N) is 1. The Morgan fingerprint density at radius 1 is 1.14 bits per heavy atom. The molecule has 3 aromatic rings. The first kappa shape index (κ1) is 20.1. The number of carbonyl (C=O) groups excluding carboxylic acids is 1. The topological polar surface area (TPSA) is 92.5 Å². The van der Waals surface area contributed by atoms with E-state index in [1.807, 2.05) is 24.3 Å². The van der Waals surface area contributed by atoms with E-state index in [4.69, 9.17) is 4.52 Å². The lowest BCUT2D eigenvalue weighted by atomic mass is 10.1. The molecule has 0 radical (unpaired) electrons. The maximum atomic E-state index is 12.8. The largest absolute Gasteiger partial charge is 0.355 e. The van der Waals surface area contributed by atoms with Gasteiger partial charge in [0.15, 0.2) is 11.3 Å². The molecule has 2 heterocycles. The highest BCUT2D eigenvalue weighted by Crippen LogP contribution is 2.25. The number of hydrogen-bond donors (Lipinski definition) is 1. The summed E-state index contributed by atoms with van der Waals surface area (Å²) in [5, 5.41) is 4.32. The van der Waals surface area contributed by atoms with E-state index in [9.17, 15) is 13.2 Å². The van der Waals surface area contributed by atoms with Crippen molar-refractivity contribution in [3.8, 4) is 0 Å². The summed E-state index contributed by atoms with van der Waals surface area (Å²) in [4.78, 5) is 14.6. The lowest BCUT2D eigenvalue weighted by Gasteiger charge is -2.25. The van der Waals surface area contributed by atoms with E-state index < -0.39 is 10.0 Å². The van der Waals surface area contributed by atoms with Crippen LogP contribution in [0.3, 0.4) is 0 Å². The number of sulfonamides is 1. The number of likely N-dealkylation sites (tertiary alicyclic amines) is 1. The van der Waals surface area contributed by atoms with Gasteiger partial charge in [-0.25, -0.2) is 13.1 Å². The first-order valence-corrected chi connectivity index (χ1v) is 11.6. The zero-order valence-electron chi connectivity index (χ0n) is 15.6. The molecule has 1 saturated heterocycles. The number of benzene rings is 2. The molecule has 1 N–H and O–H groups in total. The van der Waals surface area contributed by atoms with E-state index in [0.717, 1.165) is 29.3 Å². The van der Waals surface area contributed by atoms with Crippen LogP contribution in [0.1, 0.15) is 35.3 Å². The molecule has 9 heteroatoms. The van der Waals surface area contributed by atoms with Crippen LogP contribution in [0.5, 0.6) is 0 Å². The van der Waals surface area contributed by atoms with Crippen molar-refractivity contribution in [2.45, 2.75) is 30.7 Å². The molecule has 4 rings (SSSR count). The number of nitrogens with zero attached hydrogens (tertiary/aromatic N) is 2. The Hall–Kier alpha value is -2.23. The van der Waals surface area contributed by atoms with Gasteiger partial charge in [0.25, 0.3) is 5.91 Å². The van der Waals surface area contributed by atoms with E-state index in [0.29, 0.717) is 24.1 Å². The fourth-order valence-corrected chi connectivity index (χ4v) is 4.88. The van der Waals surface area contributed by atoms with Crippen LogP contribution in [0.4, 0.5) is 0 Å². The first-order valence-electron chi connectivity index (χ1n) is 9.37. The van der Waals surface area contributed by atoms with Crippen LogP contribution in [0.15, 0.2) is 56.4 Å². The fourth-order valence-electron chi connectivity index (χ4n) is 3.39. The molecule has 7 nitrogen and oxygen atoms in total. The van der Waals surface area contributed by atoms with Crippen molar-refractivity contribution in [3.63, 3.8) is 0 Å². The lowest BCUT2D eigenvalue weighted by Crippen LogP contribution is -2.35. The van der Waals surface area contributed by atoms with Gasteiger partial charge >= 0.3 is 0 Å². The van der Waals surface area contributed by atoms with Crippen LogP contribution < -0.4 is 4.72 Å². The van der Waals surface area contributed by atoms with Gasteiger partial charge in [-0.3, -0.25) is 4.79 Å². The molecule has 1 aromatic heterocycles. The molecule has 29 heavy (non-hydrogen) atoms. The number of piperidine rings is 1. The molecular weight excluding hydrogens is 458 g/mol. The number of aromatic nitrogens is 1. The Morgan fingerprint density at radius 2 is 1.93 bits per heavy atom. The van der Waals surface area contributed by atoms with Crippen LogP contribution in [0, 0.1) is 0 Å². The summed E-state index contributed by atoms with van der Waals surface area (Å²) in [6, 6.07) is 11.8. The lowest BCUT2D eigenvalue weighted by molar-refractivity contribution is 0.0716. The standard InChI is InChI=1S/C20H20BrN3O4S/c21-15-6-4-5-14(11-15)13-22-29(26,27)16-7-8-18-17(12-16)19(23-28-18)20(25)24-9-2-1-3-10-24/h4-8,11-12,22H,1-3,9-10,13H2. The summed E-state index contributed by atoms with van der Waals surface area (Å²) >= 11 is 3.37. The summed E-state index contributed by atoms with van der Waals surface area (Å²) in [7, 11) is -3.77. The number of amides is 1. The van der Waals surface area contributed by atoms with E-state index in [1.54, 1.807) is 4.90 Å². The summed E-state index contributed by atoms with van der Waals surface area (Å²) in [6.45, 7) is 1.52. The molecule has 1 amide bonds. The fraction of sp³-hybridized carbons (Fsp3) is 0.300. The van der Waals surface area contributed by atoms with Gasteiger partial charge in [0.2, 0.25) is 10.0 Å². The molecule has 1 fully saturated rings. The van der Waals surface area contributed by atoms with Crippen molar-refractivity contribution in [2.24, 2.45) is 0 Å². The normalized spacial score (nSPS) is 15.0. The van der Waals surface area contributed by atoms with E-state index >= 15 is 0 Å². The number of hydrogen-bond acceptors (Lipinski definition) is 5. The quantitative estimate of drug-likeness (QED) is 0.604. The summed E-state index contributed by atoms with van der Waals surface area (Å²) in [5.41, 5.74) is 1.37. The van der Waals surface area contributed by atoms with Crippen molar-refractivity contribution < 1.29 is 17.7 Å². The SMILES string of the molecule is O=C(c1noc2ccc(S(=O)(=O)NCc3cccc(Br)c3)cc12)N1CCCCC1. The van der Waals surface area contributed by atoms with Gasteiger partial charge < -0.3 is 9.42 Å². The van der Waals surface area contributed by atoms with Crippen molar-refractivity contribution in [2.75, 3.05) is 13.1 Å². The molecule has 0 atom stereocenters. The van der Waals surface area contributed by atoms with E-state index in [-0.39, 0.29) is 23.0 Å². The third-order valence-corrected chi connectivity index (χ3v) is 6.85. The van der Waals surface area contributed by atoms with Gasteiger partial charge in [-0.15, -0.1) is 0 Å². The van der Waals surface area contributed by atoms with E-state index in [2.05, 4.69) is 25.8 Å². The van der Waals surface area contributed by atoms with Gasteiger partial charge in [0, 0.05) is 24.1 Å². The second-order valence-corrected chi connectivity index (χ2v) is 9.68. The molecule has 1 aliphatic heterocycles. The van der Waals surface area contributed by atoms with Crippen LogP contribution in [0.2, 0.25) is 0 Å². The molecule has 0 spiro atoms. The Labute approximate surface area is 177 Å². The maximum absolute atomic E-state index is 12.8. The molecular formula is C20H20BrN3O4S. The first-order chi connectivity index (χ1) is 13.9. The van der Waals surface area contributed by atoms with Crippen molar-refractivity contribution in [1.29, 1.82) is 0 Å². The molecule has 1 aliphatic rings. The Morgan fingerprint density at radius 3 is 2.69 bits per heavy atom. The van der Waals surface area contributed by atoms with Gasteiger partial charge in [0.05, 0.1) is 10.3 Å². The second-order valence-electron chi connectivity index (χ2n) is 7.00. The van der Waals surface area contributed by atoms with Gasteiger partial charge in [0.1, 0.15) is 0 Å². The molecule has 0 unspecified atom stereocenters. The molecule has 0 aliphatic carbocycles. The summed E-state index contributed by atoms with van der Waals surface area (Å²) in [5.74, 6) is -0.222. The zero-order valence-corrected chi connectivity index (χ0v) is 18.0. The predicted octanol–water partition coefficient (Wildman–Crippen LogP) is 3.69. The molecule has 2 aromatic carbocycles. The molecule has 152 valence electrons.